The third-order valence-electron chi connectivity index (χ3n) is 7.67. The van der Waals surface area contributed by atoms with Gasteiger partial charge < -0.3 is 9.47 Å². The number of fused-ring (bicyclic) bond motifs is 2. The number of methoxy groups -OCH3 is 2. The Morgan fingerprint density at radius 3 is 1.94 bits per heavy atom. The minimum atomic E-state index is -0.507. The van der Waals surface area contributed by atoms with Crippen LogP contribution in [0.15, 0.2) is 30.3 Å². The van der Waals surface area contributed by atoms with Gasteiger partial charge >= 0.3 is 0 Å². The SMILES string of the molecule is COC(OC)c1c(C(C)C)cc2c(c1C)C(=O)C(c1cc(C)c3cc(C(C)C)ccc(C)c1-3)=C2C. The van der Waals surface area contributed by atoms with Crippen molar-refractivity contribution in [1.29, 1.82) is 0 Å². The lowest BCUT2D eigenvalue weighted by atomic mass is 9.86. The van der Waals surface area contributed by atoms with Crippen molar-refractivity contribution in [1.82, 2.24) is 0 Å². The van der Waals surface area contributed by atoms with E-state index >= 15 is 0 Å². The molecule has 0 radical (unpaired) electrons. The second-order valence-corrected chi connectivity index (χ2v) is 10.6. The van der Waals surface area contributed by atoms with Crippen molar-refractivity contribution in [2.24, 2.45) is 0 Å². The third-order valence-corrected chi connectivity index (χ3v) is 7.67. The molecule has 35 heavy (non-hydrogen) atoms. The number of benzene rings is 1. The maximum Gasteiger partial charge on any atom is 0.194 e. The molecular formula is C32H38O3. The Bertz CT molecular complexity index is 1320. The highest BCUT2D eigenvalue weighted by atomic mass is 16.7. The van der Waals surface area contributed by atoms with Crippen LogP contribution in [-0.2, 0) is 9.47 Å². The number of allylic oxidation sites excluding steroid dienone is 2. The quantitative estimate of drug-likeness (QED) is 0.339. The molecule has 3 nitrogen and oxygen atoms in total. The Morgan fingerprint density at radius 2 is 1.37 bits per heavy atom. The number of rotatable bonds is 6. The molecule has 0 spiro atoms. The predicted octanol–water partition coefficient (Wildman–Crippen LogP) is 8.38. The van der Waals surface area contributed by atoms with Gasteiger partial charge in [0.2, 0.25) is 0 Å². The second-order valence-electron chi connectivity index (χ2n) is 10.6. The molecule has 0 N–H and O–H groups in total. The molecule has 0 saturated carbocycles. The molecule has 0 aliphatic heterocycles. The number of Topliss-reactive ketones (excluding diaryl/α,β-unsaturated/α-hetero) is 1. The molecule has 0 unspecified atom stereocenters. The first-order valence-electron chi connectivity index (χ1n) is 12.6. The number of carbonyl (C=O) groups is 1. The van der Waals surface area contributed by atoms with Crippen molar-refractivity contribution < 1.29 is 14.3 Å². The Morgan fingerprint density at radius 1 is 0.714 bits per heavy atom. The Hall–Kier alpha value is -2.75. The van der Waals surface area contributed by atoms with Crippen molar-refractivity contribution in [3.05, 3.63) is 80.4 Å². The first kappa shape index (κ1) is 25.3. The van der Waals surface area contributed by atoms with Crippen molar-refractivity contribution >= 4 is 16.9 Å². The van der Waals surface area contributed by atoms with Gasteiger partial charge in [-0.1, -0.05) is 52.0 Å². The van der Waals surface area contributed by atoms with Crippen LogP contribution < -0.4 is 0 Å². The average molecular weight is 471 g/mol. The van der Waals surface area contributed by atoms with Gasteiger partial charge in [0.15, 0.2) is 12.1 Å². The van der Waals surface area contributed by atoms with E-state index in [1.807, 2.05) is 6.92 Å². The van der Waals surface area contributed by atoms with Gasteiger partial charge in [-0.25, -0.2) is 0 Å². The molecule has 0 amide bonds. The summed E-state index contributed by atoms with van der Waals surface area (Å²) in [5.41, 5.74) is 13.9. The molecule has 3 aliphatic rings. The zero-order valence-electron chi connectivity index (χ0n) is 22.8. The van der Waals surface area contributed by atoms with Crippen LogP contribution in [0.25, 0.3) is 22.3 Å². The molecule has 3 aliphatic carbocycles. The Kier molecular flexibility index (Phi) is 6.78. The molecule has 0 saturated heterocycles. The average Bonchev–Trinajstić information content (AvgIpc) is 3.16. The summed E-state index contributed by atoms with van der Waals surface area (Å²) in [5, 5.41) is 0. The molecular weight excluding hydrogens is 432 g/mol. The van der Waals surface area contributed by atoms with Crippen molar-refractivity contribution in [3.8, 4) is 11.1 Å². The molecule has 3 heteroatoms. The molecule has 0 heterocycles. The Labute approximate surface area is 210 Å². The van der Waals surface area contributed by atoms with Crippen LogP contribution >= 0.6 is 0 Å². The number of ketones is 1. The number of hydrogen-bond donors (Lipinski definition) is 0. The molecule has 0 fully saturated rings. The summed E-state index contributed by atoms with van der Waals surface area (Å²) in [4.78, 5) is 14.1. The first-order valence-corrected chi connectivity index (χ1v) is 12.6. The molecule has 0 atom stereocenters. The van der Waals surface area contributed by atoms with Gasteiger partial charge in [-0.05, 0) is 101 Å². The summed E-state index contributed by atoms with van der Waals surface area (Å²) >= 11 is 0. The summed E-state index contributed by atoms with van der Waals surface area (Å²) in [5.74, 6) is 0.803. The fraction of sp³-hybridized carbons (Fsp3) is 0.406. The molecule has 0 aromatic heterocycles. The van der Waals surface area contributed by atoms with Gasteiger partial charge in [0.25, 0.3) is 0 Å². The van der Waals surface area contributed by atoms with E-state index in [9.17, 15) is 4.79 Å². The number of carbonyl (C=O) groups excluding carboxylic acids is 1. The largest absolute Gasteiger partial charge is 0.352 e. The highest BCUT2D eigenvalue weighted by Gasteiger charge is 2.36. The van der Waals surface area contributed by atoms with E-state index in [2.05, 4.69) is 78.8 Å². The van der Waals surface area contributed by atoms with Crippen LogP contribution in [0.1, 0.15) is 108 Å². The lowest BCUT2D eigenvalue weighted by Gasteiger charge is -2.24. The predicted molar refractivity (Wildman–Crippen MR) is 145 cm³/mol. The van der Waals surface area contributed by atoms with E-state index < -0.39 is 6.29 Å². The lowest BCUT2D eigenvalue weighted by Crippen LogP contribution is -2.14. The van der Waals surface area contributed by atoms with Crippen LogP contribution in [0.3, 0.4) is 0 Å². The highest BCUT2D eigenvalue weighted by molar-refractivity contribution is 6.41. The third kappa shape index (κ3) is 3.95. The fourth-order valence-electron chi connectivity index (χ4n) is 5.72. The summed E-state index contributed by atoms with van der Waals surface area (Å²) < 4.78 is 11.3. The first-order chi connectivity index (χ1) is 16.5. The van der Waals surface area contributed by atoms with Crippen molar-refractivity contribution in [2.75, 3.05) is 14.2 Å². The van der Waals surface area contributed by atoms with Gasteiger partial charge in [0, 0.05) is 30.9 Å². The molecule has 1 aromatic carbocycles. The normalized spacial score (nSPS) is 13.8. The van der Waals surface area contributed by atoms with Crippen molar-refractivity contribution in [3.63, 3.8) is 0 Å². The topological polar surface area (TPSA) is 35.5 Å². The van der Waals surface area contributed by atoms with E-state index in [0.29, 0.717) is 5.92 Å². The van der Waals surface area contributed by atoms with Crippen LogP contribution in [0.4, 0.5) is 0 Å². The lowest BCUT2D eigenvalue weighted by molar-refractivity contribution is -0.106. The van der Waals surface area contributed by atoms with E-state index in [4.69, 9.17) is 9.47 Å². The van der Waals surface area contributed by atoms with E-state index in [1.165, 1.54) is 27.8 Å². The minimum absolute atomic E-state index is 0.0967. The van der Waals surface area contributed by atoms with Crippen LogP contribution in [0.5, 0.6) is 0 Å². The highest BCUT2D eigenvalue weighted by Crippen LogP contribution is 2.48. The summed E-state index contributed by atoms with van der Waals surface area (Å²) in [6, 6.07) is 11.1. The number of ether oxygens (including phenoxy) is 2. The van der Waals surface area contributed by atoms with Gasteiger partial charge in [-0.3, -0.25) is 4.79 Å². The van der Waals surface area contributed by atoms with Gasteiger partial charge in [-0.2, -0.15) is 0 Å². The number of aryl methyl sites for hydroxylation is 2. The molecule has 1 aromatic rings. The minimum Gasteiger partial charge on any atom is -0.352 e. The monoisotopic (exact) mass is 470 g/mol. The summed E-state index contributed by atoms with van der Waals surface area (Å²) in [7, 11) is 3.30. The molecule has 0 bridgehead atoms. The van der Waals surface area contributed by atoms with Gasteiger partial charge in [0.1, 0.15) is 0 Å². The van der Waals surface area contributed by atoms with Gasteiger partial charge in [-0.15, -0.1) is 0 Å². The zero-order valence-corrected chi connectivity index (χ0v) is 22.8. The maximum atomic E-state index is 14.1. The maximum absolute atomic E-state index is 14.1. The Balaban J connectivity index is 1.98. The van der Waals surface area contributed by atoms with E-state index in [1.54, 1.807) is 14.2 Å². The summed E-state index contributed by atoms with van der Waals surface area (Å²) in [6.45, 7) is 17.2. The standard InChI is InChI=1S/C32H38O3/c1-16(2)22-12-11-18(5)27-24(14-22)19(6)13-26(27)28-20(7)25-15-23(17(3)4)30(32(34-9)35-10)21(8)29(25)31(28)33/h11-17,32H,1-10H3. The van der Waals surface area contributed by atoms with Crippen LogP contribution in [-0.4, -0.2) is 20.0 Å². The zero-order chi connectivity index (χ0) is 25.8. The second kappa shape index (κ2) is 9.37. The van der Waals surface area contributed by atoms with E-state index in [0.717, 1.165) is 44.5 Å². The smallest absolute Gasteiger partial charge is 0.194 e. The fourth-order valence-corrected chi connectivity index (χ4v) is 5.72. The molecule has 184 valence electrons. The number of hydrogen-bond acceptors (Lipinski definition) is 3. The van der Waals surface area contributed by atoms with Crippen molar-refractivity contribution in [2.45, 2.75) is 73.5 Å². The van der Waals surface area contributed by atoms with Gasteiger partial charge in [0.05, 0.1) is 0 Å². The van der Waals surface area contributed by atoms with Crippen LogP contribution in [0, 0.1) is 20.8 Å². The molecule has 4 rings (SSSR count). The van der Waals surface area contributed by atoms with E-state index in [-0.39, 0.29) is 11.7 Å². The summed E-state index contributed by atoms with van der Waals surface area (Å²) in [6.07, 6.45) is -0.507. The van der Waals surface area contributed by atoms with Crippen LogP contribution in [0.2, 0.25) is 0 Å².